The van der Waals surface area contributed by atoms with E-state index in [1.165, 1.54) is 0 Å². The molecular formula is C22H31N3O5. The molecule has 1 saturated heterocycles. The third-order valence-corrected chi connectivity index (χ3v) is 4.53. The number of amides is 2. The Hall–Kier alpha value is -2.87. The van der Waals surface area contributed by atoms with Gasteiger partial charge in [-0.05, 0) is 43.2 Å². The van der Waals surface area contributed by atoms with Gasteiger partial charge in [-0.2, -0.15) is 0 Å². The molecule has 0 radical (unpaired) electrons. The van der Waals surface area contributed by atoms with E-state index in [1.54, 1.807) is 29.2 Å². The molecule has 1 unspecified atom stereocenters. The average Bonchev–Trinajstić information content (AvgIpc) is 2.70. The zero-order valence-corrected chi connectivity index (χ0v) is 17.7. The molecule has 0 spiro atoms. The second-order valence-electron chi connectivity index (χ2n) is 7.37. The second-order valence-corrected chi connectivity index (χ2v) is 7.37. The molecule has 1 heterocycles. The molecule has 1 atom stereocenters. The first-order valence-electron chi connectivity index (χ1n) is 10.2. The van der Waals surface area contributed by atoms with Crippen LogP contribution in [0.15, 0.2) is 36.4 Å². The molecule has 0 saturated carbocycles. The van der Waals surface area contributed by atoms with Gasteiger partial charge in [0.1, 0.15) is 18.4 Å². The summed E-state index contributed by atoms with van der Waals surface area (Å²) < 4.78 is 10.7. The van der Waals surface area contributed by atoms with E-state index in [1.807, 2.05) is 13.8 Å². The summed E-state index contributed by atoms with van der Waals surface area (Å²) in [5, 5.41) is 5.55. The van der Waals surface area contributed by atoms with Gasteiger partial charge >= 0.3 is 5.97 Å². The number of ether oxygens (including phenoxy) is 2. The lowest BCUT2D eigenvalue weighted by Crippen LogP contribution is -2.57. The van der Waals surface area contributed by atoms with Crippen molar-refractivity contribution in [3.8, 4) is 5.75 Å². The molecule has 2 amide bonds. The van der Waals surface area contributed by atoms with Gasteiger partial charge < -0.3 is 20.1 Å². The Kier molecular flexibility index (Phi) is 9.34. The highest BCUT2D eigenvalue weighted by molar-refractivity contribution is 5.93. The predicted molar refractivity (Wildman–Crippen MR) is 114 cm³/mol. The van der Waals surface area contributed by atoms with Crippen molar-refractivity contribution in [1.82, 2.24) is 10.2 Å². The van der Waals surface area contributed by atoms with Crippen molar-refractivity contribution in [3.63, 3.8) is 0 Å². The molecule has 2 rings (SSSR count). The van der Waals surface area contributed by atoms with Gasteiger partial charge in [0, 0.05) is 18.8 Å². The van der Waals surface area contributed by atoms with Crippen LogP contribution in [0.4, 0.5) is 5.69 Å². The van der Waals surface area contributed by atoms with Crippen molar-refractivity contribution in [2.45, 2.75) is 39.2 Å². The fourth-order valence-electron chi connectivity index (χ4n) is 2.95. The third kappa shape index (κ3) is 7.87. The fourth-order valence-corrected chi connectivity index (χ4v) is 2.95. The molecule has 1 aromatic rings. The van der Waals surface area contributed by atoms with Crippen LogP contribution in [0.3, 0.4) is 0 Å². The number of esters is 1. The number of carbonyl (C=O) groups excluding carboxylic acids is 3. The summed E-state index contributed by atoms with van der Waals surface area (Å²) in [6.07, 6.45) is 1.63. The highest BCUT2D eigenvalue weighted by atomic mass is 16.5. The number of nitrogens with zero attached hydrogens (tertiary/aromatic N) is 1. The predicted octanol–water partition coefficient (Wildman–Crippen LogP) is 2.11. The van der Waals surface area contributed by atoms with E-state index < -0.39 is 12.0 Å². The molecule has 30 heavy (non-hydrogen) atoms. The van der Waals surface area contributed by atoms with Crippen LogP contribution in [0.5, 0.6) is 5.75 Å². The van der Waals surface area contributed by atoms with Crippen molar-refractivity contribution in [1.29, 1.82) is 0 Å². The molecule has 8 nitrogen and oxygen atoms in total. The van der Waals surface area contributed by atoms with E-state index in [0.717, 1.165) is 18.4 Å². The minimum atomic E-state index is -0.712. The van der Waals surface area contributed by atoms with Crippen LogP contribution in [0.25, 0.3) is 0 Å². The SMILES string of the molecule is C=C(C)COc1ccc(NC(=O)CN2CCNC(=O)C2CC(=O)OCCCC)cc1. The van der Waals surface area contributed by atoms with Gasteiger partial charge in [0.25, 0.3) is 0 Å². The Morgan fingerprint density at radius 2 is 2.03 bits per heavy atom. The molecule has 0 bridgehead atoms. The Morgan fingerprint density at radius 1 is 1.30 bits per heavy atom. The summed E-state index contributed by atoms with van der Waals surface area (Å²) in [5.41, 5.74) is 1.54. The first kappa shape index (κ1) is 23.4. The summed E-state index contributed by atoms with van der Waals surface area (Å²) >= 11 is 0. The lowest BCUT2D eigenvalue weighted by Gasteiger charge is -2.33. The molecule has 1 aliphatic rings. The number of piperazine rings is 1. The monoisotopic (exact) mass is 417 g/mol. The number of nitrogens with one attached hydrogen (secondary N) is 2. The molecule has 0 aromatic heterocycles. The lowest BCUT2D eigenvalue weighted by atomic mass is 10.1. The first-order valence-corrected chi connectivity index (χ1v) is 10.2. The number of benzene rings is 1. The molecular weight excluding hydrogens is 386 g/mol. The van der Waals surface area contributed by atoms with E-state index in [4.69, 9.17) is 9.47 Å². The third-order valence-electron chi connectivity index (χ3n) is 4.53. The zero-order valence-electron chi connectivity index (χ0n) is 17.7. The van der Waals surface area contributed by atoms with Gasteiger partial charge in [-0.25, -0.2) is 0 Å². The first-order chi connectivity index (χ1) is 14.4. The number of rotatable bonds is 11. The maximum atomic E-state index is 12.5. The summed E-state index contributed by atoms with van der Waals surface area (Å²) in [7, 11) is 0. The molecule has 1 aromatic carbocycles. The van der Waals surface area contributed by atoms with Crippen LogP contribution < -0.4 is 15.4 Å². The van der Waals surface area contributed by atoms with Crippen LogP contribution in [-0.4, -0.2) is 61.6 Å². The van der Waals surface area contributed by atoms with Gasteiger partial charge in [0.05, 0.1) is 19.6 Å². The summed E-state index contributed by atoms with van der Waals surface area (Å²) in [6, 6.07) is 6.31. The van der Waals surface area contributed by atoms with Crippen molar-refractivity contribution in [2.24, 2.45) is 0 Å². The van der Waals surface area contributed by atoms with Crippen molar-refractivity contribution < 1.29 is 23.9 Å². The van der Waals surface area contributed by atoms with Crippen LogP contribution in [-0.2, 0) is 19.1 Å². The van der Waals surface area contributed by atoms with Crippen LogP contribution >= 0.6 is 0 Å². The number of anilines is 1. The fraction of sp³-hybridized carbons (Fsp3) is 0.500. The smallest absolute Gasteiger partial charge is 0.307 e. The minimum absolute atomic E-state index is 0.00817. The van der Waals surface area contributed by atoms with E-state index >= 15 is 0 Å². The number of hydrogen-bond donors (Lipinski definition) is 2. The van der Waals surface area contributed by atoms with E-state index in [9.17, 15) is 14.4 Å². The molecule has 0 aliphatic carbocycles. The summed E-state index contributed by atoms with van der Waals surface area (Å²) in [4.78, 5) is 38.5. The lowest BCUT2D eigenvalue weighted by molar-refractivity contribution is -0.149. The number of unbranched alkanes of at least 4 members (excludes halogenated alkanes) is 1. The van der Waals surface area contributed by atoms with Gasteiger partial charge in [0.15, 0.2) is 0 Å². The van der Waals surface area contributed by atoms with Crippen molar-refractivity contribution in [2.75, 3.05) is 38.2 Å². The summed E-state index contributed by atoms with van der Waals surface area (Å²) in [6.45, 7) is 9.38. The maximum Gasteiger partial charge on any atom is 0.307 e. The standard InChI is InChI=1S/C22H31N3O5/c1-4-5-12-29-21(27)13-19-22(28)23-10-11-25(19)14-20(26)24-17-6-8-18(9-7-17)30-15-16(2)3/h6-9,19H,2,4-5,10-15H2,1,3H3,(H,23,28)(H,24,26). The van der Waals surface area contributed by atoms with Gasteiger partial charge in [-0.3, -0.25) is 19.3 Å². The quantitative estimate of drug-likeness (QED) is 0.325. The minimum Gasteiger partial charge on any atom is -0.489 e. The Bertz CT molecular complexity index is 748. The van der Waals surface area contributed by atoms with E-state index in [0.29, 0.717) is 37.7 Å². The average molecular weight is 418 g/mol. The van der Waals surface area contributed by atoms with Gasteiger partial charge in [-0.15, -0.1) is 0 Å². The van der Waals surface area contributed by atoms with Gasteiger partial charge in [0.2, 0.25) is 11.8 Å². The normalized spacial score (nSPS) is 16.5. The van der Waals surface area contributed by atoms with Crippen molar-refractivity contribution >= 4 is 23.5 Å². The van der Waals surface area contributed by atoms with E-state index in [2.05, 4.69) is 17.2 Å². The molecule has 164 valence electrons. The number of carbonyl (C=O) groups is 3. The number of hydrogen-bond acceptors (Lipinski definition) is 6. The van der Waals surface area contributed by atoms with E-state index in [-0.39, 0.29) is 24.8 Å². The van der Waals surface area contributed by atoms with Crippen LogP contribution in [0.1, 0.15) is 33.1 Å². The largest absolute Gasteiger partial charge is 0.489 e. The van der Waals surface area contributed by atoms with Crippen LogP contribution in [0, 0.1) is 0 Å². The molecule has 1 fully saturated rings. The highest BCUT2D eigenvalue weighted by Gasteiger charge is 2.33. The Morgan fingerprint density at radius 3 is 2.70 bits per heavy atom. The topological polar surface area (TPSA) is 97.0 Å². The Balaban J connectivity index is 1.88. The Labute approximate surface area is 177 Å². The molecule has 8 heteroatoms. The molecule has 2 N–H and O–H groups in total. The summed E-state index contributed by atoms with van der Waals surface area (Å²) in [5.74, 6) is -0.267. The highest BCUT2D eigenvalue weighted by Crippen LogP contribution is 2.17. The second kappa shape index (κ2) is 12.0. The zero-order chi connectivity index (χ0) is 21.9. The maximum absolute atomic E-state index is 12.5. The van der Waals surface area contributed by atoms with Gasteiger partial charge in [-0.1, -0.05) is 19.9 Å². The molecule has 1 aliphatic heterocycles. The van der Waals surface area contributed by atoms with Crippen LogP contribution in [0.2, 0.25) is 0 Å². The van der Waals surface area contributed by atoms with Crippen molar-refractivity contribution in [3.05, 3.63) is 36.4 Å².